The zero-order valence-electron chi connectivity index (χ0n) is 18.0. The standard InChI is InChI=1S/C22H30N6OS/c1-5-14-9-16(10-15(6-2)24-14)25-21-26-19-11-17(29-4)7-8-18(19)20(27-21)28-22-23-12-13(3)30-22/h7-8,11-12,14-16,24H,5-6,9-10H2,1-4H3,(H2,23,25,26,27,28). The van der Waals surface area contributed by atoms with Crippen LogP contribution in [-0.2, 0) is 0 Å². The molecule has 1 saturated heterocycles. The highest BCUT2D eigenvalue weighted by Crippen LogP contribution is 2.30. The third-order valence-electron chi connectivity index (χ3n) is 5.68. The fourth-order valence-electron chi connectivity index (χ4n) is 4.03. The van der Waals surface area contributed by atoms with Crippen molar-refractivity contribution in [1.82, 2.24) is 20.3 Å². The predicted molar refractivity (Wildman–Crippen MR) is 124 cm³/mol. The monoisotopic (exact) mass is 426 g/mol. The predicted octanol–water partition coefficient (Wildman–Crippen LogP) is 4.87. The van der Waals surface area contributed by atoms with E-state index in [1.807, 2.05) is 31.3 Å². The Morgan fingerprint density at radius 2 is 1.93 bits per heavy atom. The van der Waals surface area contributed by atoms with Gasteiger partial charge < -0.3 is 20.7 Å². The van der Waals surface area contributed by atoms with Gasteiger partial charge in [-0.15, -0.1) is 11.3 Å². The molecular weight excluding hydrogens is 396 g/mol. The van der Waals surface area contributed by atoms with Crippen molar-refractivity contribution in [3.05, 3.63) is 29.3 Å². The Labute approximate surface area is 181 Å². The van der Waals surface area contributed by atoms with Crippen LogP contribution in [0.25, 0.3) is 10.9 Å². The number of rotatable bonds is 7. The molecule has 1 aromatic carbocycles. The van der Waals surface area contributed by atoms with Gasteiger partial charge in [-0.2, -0.15) is 4.98 Å². The normalized spacial score (nSPS) is 21.5. The molecule has 3 heterocycles. The van der Waals surface area contributed by atoms with Crippen LogP contribution in [0.5, 0.6) is 5.75 Å². The van der Waals surface area contributed by atoms with Crippen LogP contribution >= 0.6 is 11.3 Å². The van der Waals surface area contributed by atoms with E-state index in [4.69, 9.17) is 14.7 Å². The number of fused-ring (bicyclic) bond motifs is 1. The van der Waals surface area contributed by atoms with Crippen molar-refractivity contribution in [2.75, 3.05) is 17.7 Å². The Kier molecular flexibility index (Phi) is 6.34. The first kappa shape index (κ1) is 20.8. The second kappa shape index (κ2) is 9.14. The maximum atomic E-state index is 5.41. The minimum atomic E-state index is 0.346. The van der Waals surface area contributed by atoms with Crippen LogP contribution in [0.15, 0.2) is 24.4 Å². The topological polar surface area (TPSA) is 84.0 Å². The van der Waals surface area contributed by atoms with Crippen LogP contribution in [-0.4, -0.2) is 40.2 Å². The largest absolute Gasteiger partial charge is 0.497 e. The summed E-state index contributed by atoms with van der Waals surface area (Å²) in [5, 5.41) is 12.5. The smallest absolute Gasteiger partial charge is 0.225 e. The van der Waals surface area contributed by atoms with Crippen LogP contribution < -0.4 is 20.7 Å². The van der Waals surface area contributed by atoms with Crippen molar-refractivity contribution in [3.63, 3.8) is 0 Å². The second-order valence-corrected chi connectivity index (χ2v) is 9.10. The molecule has 30 heavy (non-hydrogen) atoms. The number of aromatic nitrogens is 3. The highest BCUT2D eigenvalue weighted by Gasteiger charge is 2.27. The lowest BCUT2D eigenvalue weighted by Crippen LogP contribution is -2.49. The van der Waals surface area contributed by atoms with E-state index in [-0.39, 0.29) is 0 Å². The lowest BCUT2D eigenvalue weighted by Gasteiger charge is -2.36. The van der Waals surface area contributed by atoms with Gasteiger partial charge in [-0.25, -0.2) is 9.97 Å². The fourth-order valence-corrected chi connectivity index (χ4v) is 4.70. The molecule has 0 aliphatic carbocycles. The van der Waals surface area contributed by atoms with Crippen molar-refractivity contribution in [2.45, 2.75) is 64.6 Å². The van der Waals surface area contributed by atoms with Gasteiger partial charge in [0.1, 0.15) is 11.6 Å². The molecule has 2 aromatic heterocycles. The van der Waals surface area contributed by atoms with Crippen molar-refractivity contribution < 1.29 is 4.74 Å². The summed E-state index contributed by atoms with van der Waals surface area (Å²) in [4.78, 5) is 15.2. The number of piperidine rings is 1. The Balaban J connectivity index is 1.66. The van der Waals surface area contributed by atoms with Gasteiger partial charge in [-0.05, 0) is 44.7 Å². The van der Waals surface area contributed by atoms with E-state index in [0.29, 0.717) is 24.1 Å². The molecule has 7 nitrogen and oxygen atoms in total. The minimum absolute atomic E-state index is 0.346. The average molecular weight is 427 g/mol. The zero-order valence-corrected chi connectivity index (χ0v) is 18.8. The minimum Gasteiger partial charge on any atom is -0.497 e. The lowest BCUT2D eigenvalue weighted by molar-refractivity contribution is 0.289. The summed E-state index contributed by atoms with van der Waals surface area (Å²) >= 11 is 1.61. The van der Waals surface area contributed by atoms with Gasteiger partial charge in [0.25, 0.3) is 0 Å². The molecule has 1 aliphatic rings. The van der Waals surface area contributed by atoms with E-state index in [2.05, 4.69) is 34.8 Å². The van der Waals surface area contributed by atoms with E-state index in [0.717, 1.165) is 58.2 Å². The quantitative estimate of drug-likeness (QED) is 0.497. The maximum absolute atomic E-state index is 5.41. The van der Waals surface area contributed by atoms with Crippen LogP contribution in [0.2, 0.25) is 0 Å². The number of methoxy groups -OCH3 is 1. The average Bonchev–Trinajstić information content (AvgIpc) is 3.17. The molecule has 2 atom stereocenters. The zero-order chi connectivity index (χ0) is 21.1. The summed E-state index contributed by atoms with van der Waals surface area (Å²) in [7, 11) is 1.67. The summed E-state index contributed by atoms with van der Waals surface area (Å²) in [6.07, 6.45) is 6.26. The molecule has 1 fully saturated rings. The van der Waals surface area contributed by atoms with Crippen LogP contribution in [0.4, 0.5) is 16.9 Å². The van der Waals surface area contributed by atoms with Crippen molar-refractivity contribution in [3.8, 4) is 5.75 Å². The van der Waals surface area contributed by atoms with Crippen LogP contribution in [0.1, 0.15) is 44.4 Å². The van der Waals surface area contributed by atoms with E-state index in [1.165, 1.54) is 0 Å². The number of nitrogens with zero attached hydrogens (tertiary/aromatic N) is 3. The molecule has 0 spiro atoms. The number of aryl methyl sites for hydroxylation is 1. The van der Waals surface area contributed by atoms with Crippen molar-refractivity contribution >= 4 is 39.1 Å². The number of benzene rings is 1. The molecule has 0 radical (unpaired) electrons. The summed E-state index contributed by atoms with van der Waals surface area (Å²) in [5.74, 6) is 2.18. The maximum Gasteiger partial charge on any atom is 0.225 e. The van der Waals surface area contributed by atoms with Crippen molar-refractivity contribution in [1.29, 1.82) is 0 Å². The Bertz CT molecular complexity index is 994. The molecule has 0 saturated carbocycles. The fraction of sp³-hybridized carbons (Fsp3) is 0.500. The van der Waals surface area contributed by atoms with E-state index >= 15 is 0 Å². The highest BCUT2D eigenvalue weighted by molar-refractivity contribution is 7.15. The summed E-state index contributed by atoms with van der Waals surface area (Å²) in [6.45, 7) is 6.53. The molecule has 0 bridgehead atoms. The van der Waals surface area contributed by atoms with Crippen LogP contribution in [0.3, 0.4) is 0 Å². The van der Waals surface area contributed by atoms with E-state index in [9.17, 15) is 0 Å². The Hall–Kier alpha value is -2.45. The molecular formula is C22H30N6OS. The third kappa shape index (κ3) is 4.65. The lowest BCUT2D eigenvalue weighted by atomic mass is 9.91. The third-order valence-corrected chi connectivity index (χ3v) is 6.51. The number of hydrogen-bond donors (Lipinski definition) is 3. The summed E-state index contributed by atoms with van der Waals surface area (Å²) in [5.41, 5.74) is 0.843. The van der Waals surface area contributed by atoms with Gasteiger partial charge in [0.2, 0.25) is 5.95 Å². The number of hydrogen-bond acceptors (Lipinski definition) is 8. The molecule has 0 amide bonds. The Morgan fingerprint density at radius 3 is 2.57 bits per heavy atom. The van der Waals surface area contributed by atoms with E-state index in [1.54, 1.807) is 18.4 Å². The molecule has 1 aliphatic heterocycles. The van der Waals surface area contributed by atoms with Gasteiger partial charge in [0.15, 0.2) is 5.13 Å². The number of anilines is 3. The first-order valence-electron chi connectivity index (χ1n) is 10.7. The molecule has 3 N–H and O–H groups in total. The Morgan fingerprint density at radius 1 is 1.17 bits per heavy atom. The molecule has 2 unspecified atom stereocenters. The molecule has 160 valence electrons. The number of thiazole rings is 1. The van der Waals surface area contributed by atoms with Gasteiger partial charge in [-0.1, -0.05) is 13.8 Å². The molecule has 3 aromatic rings. The first-order valence-corrected chi connectivity index (χ1v) is 11.5. The van der Waals surface area contributed by atoms with E-state index < -0.39 is 0 Å². The van der Waals surface area contributed by atoms with Gasteiger partial charge in [-0.3, -0.25) is 0 Å². The number of nitrogens with one attached hydrogen (secondary N) is 3. The van der Waals surface area contributed by atoms with Crippen molar-refractivity contribution in [2.24, 2.45) is 0 Å². The van der Waals surface area contributed by atoms with Gasteiger partial charge >= 0.3 is 0 Å². The first-order chi connectivity index (χ1) is 14.6. The number of ether oxygens (including phenoxy) is 1. The van der Waals surface area contributed by atoms with Gasteiger partial charge in [0.05, 0.1) is 12.6 Å². The van der Waals surface area contributed by atoms with Crippen LogP contribution in [0, 0.1) is 6.92 Å². The highest BCUT2D eigenvalue weighted by atomic mass is 32.1. The summed E-state index contributed by atoms with van der Waals surface area (Å²) < 4.78 is 5.41. The van der Waals surface area contributed by atoms with Gasteiger partial charge in [0, 0.05) is 40.7 Å². The molecule has 4 rings (SSSR count). The molecule has 8 heteroatoms. The second-order valence-electron chi connectivity index (χ2n) is 7.87. The SMILES string of the molecule is CCC1CC(Nc2nc(Nc3ncc(C)s3)c3ccc(OC)cc3n2)CC(CC)N1. The summed E-state index contributed by atoms with van der Waals surface area (Å²) in [6, 6.07) is 7.27.